The lowest BCUT2D eigenvalue weighted by Crippen LogP contribution is -2.48. The van der Waals surface area contributed by atoms with Crippen LogP contribution in [0.4, 0.5) is 14.5 Å². The molecule has 1 aliphatic rings. The van der Waals surface area contributed by atoms with Gasteiger partial charge in [0.1, 0.15) is 11.3 Å². The van der Waals surface area contributed by atoms with Crippen LogP contribution < -0.4 is 15.4 Å². The molecule has 0 spiro atoms. The second kappa shape index (κ2) is 8.86. The number of amides is 1. The van der Waals surface area contributed by atoms with Crippen LogP contribution in [0.15, 0.2) is 18.2 Å². The molecule has 0 saturated heterocycles. The van der Waals surface area contributed by atoms with E-state index < -0.39 is 12.2 Å². The Kier molecular flexibility index (Phi) is 6.82. The smallest absolute Gasteiger partial charge is 0.387 e. The number of ether oxygens (including phenoxy) is 1. The molecular formula is C17H20ClF2N3O2. The number of nitrogens with one attached hydrogen (secondary N) is 2. The predicted molar refractivity (Wildman–Crippen MR) is 90.8 cm³/mol. The fourth-order valence-electron chi connectivity index (χ4n) is 2.89. The van der Waals surface area contributed by atoms with Gasteiger partial charge in [-0.05, 0) is 31.0 Å². The fraction of sp³-hybridized carbons (Fsp3) is 0.529. The molecule has 136 valence electrons. The highest BCUT2D eigenvalue weighted by Gasteiger charge is 2.32. The molecule has 1 aromatic rings. The minimum atomic E-state index is -2.95. The molecule has 1 amide bonds. The number of nitriles is 1. The van der Waals surface area contributed by atoms with Crippen LogP contribution >= 0.6 is 11.6 Å². The summed E-state index contributed by atoms with van der Waals surface area (Å²) in [6.07, 6.45) is 5.29. The molecule has 1 aromatic carbocycles. The number of hydrogen-bond donors (Lipinski definition) is 2. The topological polar surface area (TPSA) is 74.2 Å². The first-order chi connectivity index (χ1) is 11.9. The number of alkyl halides is 2. The molecule has 5 nitrogen and oxygen atoms in total. The summed E-state index contributed by atoms with van der Waals surface area (Å²) in [5.41, 5.74) is -0.310. The summed E-state index contributed by atoms with van der Waals surface area (Å²) in [6.45, 7) is -3.00. The number of carbonyl (C=O) groups excluding carboxylic acids is 1. The summed E-state index contributed by atoms with van der Waals surface area (Å²) < 4.78 is 28.7. The molecule has 8 heteroatoms. The summed E-state index contributed by atoms with van der Waals surface area (Å²) >= 11 is 5.87. The highest BCUT2D eigenvalue weighted by Crippen LogP contribution is 2.29. The van der Waals surface area contributed by atoms with Crippen LogP contribution in [0.2, 0.25) is 5.02 Å². The number of halogens is 3. The molecule has 0 heterocycles. The van der Waals surface area contributed by atoms with Crippen molar-refractivity contribution in [2.24, 2.45) is 0 Å². The second-order valence-corrected chi connectivity index (χ2v) is 6.44. The summed E-state index contributed by atoms with van der Waals surface area (Å²) in [5.74, 6) is -0.430. The van der Waals surface area contributed by atoms with Crippen molar-refractivity contribution in [2.75, 3.05) is 11.9 Å². The summed E-state index contributed by atoms with van der Waals surface area (Å²) in [4.78, 5) is 12.2. The second-order valence-electron chi connectivity index (χ2n) is 6.03. The van der Waals surface area contributed by atoms with Crippen molar-refractivity contribution in [3.63, 3.8) is 0 Å². The quantitative estimate of drug-likeness (QED) is 0.739. The maximum absolute atomic E-state index is 12.2. The van der Waals surface area contributed by atoms with Gasteiger partial charge in [0, 0.05) is 5.69 Å². The molecule has 0 unspecified atom stereocenters. The first kappa shape index (κ1) is 19.3. The zero-order valence-corrected chi connectivity index (χ0v) is 14.4. The third-order valence-corrected chi connectivity index (χ3v) is 4.45. The van der Waals surface area contributed by atoms with Crippen molar-refractivity contribution >= 4 is 23.2 Å². The Morgan fingerprint density at radius 2 is 2.00 bits per heavy atom. The largest absolute Gasteiger partial charge is 0.433 e. The van der Waals surface area contributed by atoms with Crippen LogP contribution in [0.3, 0.4) is 0 Å². The van der Waals surface area contributed by atoms with Gasteiger partial charge < -0.3 is 15.4 Å². The van der Waals surface area contributed by atoms with Crippen molar-refractivity contribution in [1.29, 1.82) is 5.26 Å². The molecule has 0 atom stereocenters. The lowest BCUT2D eigenvalue weighted by molar-refractivity contribution is -0.120. The van der Waals surface area contributed by atoms with Crippen molar-refractivity contribution in [1.82, 2.24) is 5.32 Å². The van der Waals surface area contributed by atoms with Gasteiger partial charge >= 0.3 is 6.61 Å². The highest BCUT2D eigenvalue weighted by atomic mass is 35.5. The van der Waals surface area contributed by atoms with E-state index in [-0.39, 0.29) is 23.2 Å². The van der Waals surface area contributed by atoms with E-state index >= 15 is 0 Å². The Morgan fingerprint density at radius 1 is 1.32 bits per heavy atom. The lowest BCUT2D eigenvalue weighted by Gasteiger charge is -2.26. The SMILES string of the molecule is N#CC1(NC(=O)CNc2ccc(OC(F)F)c(Cl)c2)CCCCCC1. The van der Waals surface area contributed by atoms with Gasteiger partial charge in [-0.1, -0.05) is 37.3 Å². The third-order valence-electron chi connectivity index (χ3n) is 4.15. The zero-order chi connectivity index (χ0) is 18.3. The van der Waals surface area contributed by atoms with E-state index in [9.17, 15) is 18.8 Å². The number of rotatable bonds is 6. The molecule has 1 saturated carbocycles. The molecule has 0 bridgehead atoms. The average Bonchev–Trinajstić information content (AvgIpc) is 2.81. The molecule has 2 N–H and O–H groups in total. The van der Waals surface area contributed by atoms with Crippen LogP contribution in [-0.2, 0) is 4.79 Å². The van der Waals surface area contributed by atoms with E-state index in [1.165, 1.54) is 18.2 Å². The Balaban J connectivity index is 1.91. The van der Waals surface area contributed by atoms with Crippen LogP contribution in [0, 0.1) is 11.3 Å². The Hall–Kier alpha value is -2.07. The standard InChI is InChI=1S/C17H20ClF2N3O2/c18-13-9-12(5-6-14(13)25-16(19)20)22-10-15(24)23-17(11-21)7-3-1-2-4-8-17/h5-6,9,16,22H,1-4,7-8,10H2,(H,23,24). The number of anilines is 1. The van der Waals surface area contributed by atoms with Crippen LogP contribution in [0.25, 0.3) is 0 Å². The van der Waals surface area contributed by atoms with Crippen molar-refractivity contribution in [2.45, 2.75) is 50.7 Å². The van der Waals surface area contributed by atoms with Crippen molar-refractivity contribution in [3.05, 3.63) is 23.2 Å². The number of carbonyl (C=O) groups is 1. The number of benzene rings is 1. The Morgan fingerprint density at radius 3 is 2.56 bits per heavy atom. The van der Waals surface area contributed by atoms with Gasteiger partial charge in [0.2, 0.25) is 5.91 Å². The first-order valence-electron chi connectivity index (χ1n) is 8.15. The molecule has 25 heavy (non-hydrogen) atoms. The van der Waals surface area contributed by atoms with E-state index in [0.29, 0.717) is 18.5 Å². The van der Waals surface area contributed by atoms with E-state index in [2.05, 4.69) is 21.4 Å². The summed E-state index contributed by atoms with van der Waals surface area (Å²) in [6, 6.07) is 6.44. The summed E-state index contributed by atoms with van der Waals surface area (Å²) in [7, 11) is 0. The Bertz CT molecular complexity index is 641. The Labute approximate surface area is 150 Å². The van der Waals surface area contributed by atoms with E-state index in [0.717, 1.165) is 25.7 Å². The predicted octanol–water partition coefficient (Wildman–Crippen LogP) is 4.09. The number of nitrogens with zero attached hydrogens (tertiary/aromatic N) is 1. The van der Waals surface area contributed by atoms with Crippen LogP contribution in [0.5, 0.6) is 5.75 Å². The average molecular weight is 372 g/mol. The number of hydrogen-bond acceptors (Lipinski definition) is 4. The maximum atomic E-state index is 12.2. The monoisotopic (exact) mass is 371 g/mol. The molecule has 0 radical (unpaired) electrons. The molecule has 0 aliphatic heterocycles. The van der Waals surface area contributed by atoms with E-state index in [1.807, 2.05) is 0 Å². The normalized spacial score (nSPS) is 16.6. The van der Waals surface area contributed by atoms with Gasteiger partial charge in [-0.3, -0.25) is 4.79 Å². The summed E-state index contributed by atoms with van der Waals surface area (Å²) in [5, 5.41) is 15.2. The third kappa shape index (κ3) is 5.75. The van der Waals surface area contributed by atoms with Gasteiger partial charge in [0.25, 0.3) is 0 Å². The highest BCUT2D eigenvalue weighted by molar-refractivity contribution is 6.32. The minimum absolute atomic E-state index is 0.0166. The molecule has 1 fully saturated rings. The van der Waals surface area contributed by atoms with Gasteiger partial charge in [0.15, 0.2) is 0 Å². The van der Waals surface area contributed by atoms with Gasteiger partial charge in [0.05, 0.1) is 17.6 Å². The minimum Gasteiger partial charge on any atom is -0.433 e. The fourth-order valence-corrected chi connectivity index (χ4v) is 3.12. The van der Waals surface area contributed by atoms with Crippen molar-refractivity contribution < 1.29 is 18.3 Å². The van der Waals surface area contributed by atoms with E-state index in [1.54, 1.807) is 0 Å². The van der Waals surface area contributed by atoms with Gasteiger partial charge in [-0.15, -0.1) is 0 Å². The van der Waals surface area contributed by atoms with Gasteiger partial charge in [-0.2, -0.15) is 14.0 Å². The van der Waals surface area contributed by atoms with Crippen LogP contribution in [0.1, 0.15) is 38.5 Å². The van der Waals surface area contributed by atoms with E-state index in [4.69, 9.17) is 11.6 Å². The first-order valence-corrected chi connectivity index (χ1v) is 8.52. The van der Waals surface area contributed by atoms with Gasteiger partial charge in [-0.25, -0.2) is 0 Å². The maximum Gasteiger partial charge on any atom is 0.387 e. The molecule has 2 rings (SSSR count). The molecular weight excluding hydrogens is 352 g/mol. The van der Waals surface area contributed by atoms with Crippen molar-refractivity contribution in [3.8, 4) is 11.8 Å². The molecule has 0 aromatic heterocycles. The van der Waals surface area contributed by atoms with Crippen LogP contribution in [-0.4, -0.2) is 24.6 Å². The zero-order valence-electron chi connectivity index (χ0n) is 13.7. The lowest BCUT2D eigenvalue weighted by atomic mass is 9.92. The molecule has 1 aliphatic carbocycles.